The average Bonchev–Trinajstić information content (AvgIpc) is 1.90. The first-order valence-electron chi connectivity index (χ1n) is 2.59. The Morgan fingerprint density at radius 3 is 2.11 bits per heavy atom. The molecule has 0 amide bonds. The molecular formula is C7H6O2. The molecule has 1 aromatic rings. The average molecular weight is 126 g/mol. The maximum atomic E-state index is 10.2. The molecule has 0 heterocycles. The molecule has 0 spiro atoms. The molecule has 2 heteroatoms. The van der Waals surface area contributed by atoms with Crippen molar-refractivity contribution in [1.29, 1.82) is 0 Å². The smallest absolute Gasteiger partial charge is 0.335 e. The van der Waals surface area contributed by atoms with E-state index in [1.807, 2.05) is 0 Å². The van der Waals surface area contributed by atoms with Gasteiger partial charge in [-0.15, -0.1) is 0 Å². The molecule has 0 unspecified atom stereocenters. The minimum absolute atomic E-state index is 0.331. The van der Waals surface area contributed by atoms with Gasteiger partial charge in [0.25, 0.3) is 0 Å². The normalized spacial score (nSPS) is 8.89. The fourth-order valence-corrected chi connectivity index (χ4v) is 0.581. The number of carboxylic acid groups (broad SMARTS) is 1. The molecule has 0 aromatic heterocycles. The molecule has 9 heavy (non-hydrogen) atoms. The lowest BCUT2D eigenvalue weighted by Crippen LogP contribution is -1.93. The Kier molecular flexibility index (Phi) is 1.49. The highest BCUT2D eigenvalue weighted by Gasteiger charge is 1.96. The molecule has 0 saturated heterocycles. The lowest BCUT2D eigenvalue weighted by Gasteiger charge is -1.88. The molecule has 0 aliphatic heterocycles. The van der Waals surface area contributed by atoms with Gasteiger partial charge in [0.05, 0.1) is 5.56 Å². The zero-order valence-corrected chi connectivity index (χ0v) is 4.74. The van der Waals surface area contributed by atoms with Crippen LogP contribution in [0.2, 0.25) is 0 Å². The van der Waals surface area contributed by atoms with E-state index < -0.39 is 5.97 Å². The highest BCUT2D eigenvalue weighted by molar-refractivity contribution is 5.87. The summed E-state index contributed by atoms with van der Waals surface area (Å²) in [5.74, 6) is -0.879. The van der Waals surface area contributed by atoms with E-state index in [-0.39, 0.29) is 0 Å². The first-order valence-corrected chi connectivity index (χ1v) is 2.59. The molecule has 46 valence electrons. The maximum absolute atomic E-state index is 10.2. The van der Waals surface area contributed by atoms with Crippen LogP contribution >= 0.6 is 0 Å². The molecule has 1 N–H and O–H groups in total. The quantitative estimate of drug-likeness (QED) is 0.577. The van der Waals surface area contributed by atoms with E-state index in [2.05, 4.69) is 0 Å². The predicted octanol–water partition coefficient (Wildman–Crippen LogP) is 1.38. The Morgan fingerprint density at radius 1 is 1.22 bits per heavy atom. The van der Waals surface area contributed by atoms with E-state index in [1.165, 1.54) is 0 Å². The van der Waals surface area contributed by atoms with Crippen molar-refractivity contribution in [2.24, 2.45) is 0 Å². The van der Waals surface area contributed by atoms with Gasteiger partial charge >= 0.3 is 5.97 Å². The summed E-state index contributed by atoms with van der Waals surface area (Å²) in [6.45, 7) is 0. The Balaban J connectivity index is 2.98. The van der Waals surface area contributed by atoms with Crippen molar-refractivity contribution in [3.63, 3.8) is 0 Å². The summed E-state index contributed by atoms with van der Waals surface area (Å²) in [7, 11) is 0. The Hall–Kier alpha value is -1.31. The summed E-state index contributed by atoms with van der Waals surface area (Å²) in [6, 6.07) is 8.30. The van der Waals surface area contributed by atoms with Crippen molar-refractivity contribution in [2.45, 2.75) is 0 Å². The third kappa shape index (κ3) is 1.29. The second-order valence-corrected chi connectivity index (χ2v) is 1.67. The summed E-state index contributed by atoms with van der Waals surface area (Å²) in [5, 5.41) is 8.38. The summed E-state index contributed by atoms with van der Waals surface area (Å²) in [6.07, 6.45) is 0. The number of hydrogen-bond acceptors (Lipinski definition) is 1. The topological polar surface area (TPSA) is 37.3 Å². The van der Waals surface area contributed by atoms with Crippen LogP contribution in [0.15, 0.2) is 30.3 Å². The van der Waals surface area contributed by atoms with Gasteiger partial charge in [0, 0.05) is 0 Å². The molecule has 0 aliphatic carbocycles. The number of carboxylic acids is 1. The van der Waals surface area contributed by atoms with Crippen LogP contribution < -0.4 is 0 Å². The molecule has 0 saturated carbocycles. The Bertz CT molecular complexity index is 203. The van der Waals surface area contributed by atoms with Crippen LogP contribution in [0, 0.1) is 0 Å². The van der Waals surface area contributed by atoms with Crippen LogP contribution in [-0.4, -0.2) is 11.1 Å². The zero-order valence-electron chi connectivity index (χ0n) is 4.74. The predicted molar refractivity (Wildman–Crippen MR) is 33.4 cm³/mol. The van der Waals surface area contributed by atoms with Crippen molar-refractivity contribution >= 4 is 5.97 Å². The van der Waals surface area contributed by atoms with Crippen molar-refractivity contribution in [3.8, 4) is 0 Å². The van der Waals surface area contributed by atoms with E-state index in [9.17, 15) is 4.79 Å². The minimum Gasteiger partial charge on any atom is -0.478 e. The molecule has 0 aliphatic rings. The van der Waals surface area contributed by atoms with Gasteiger partial charge in [0.2, 0.25) is 0 Å². The maximum Gasteiger partial charge on any atom is 0.335 e. The third-order valence-electron chi connectivity index (χ3n) is 1.02. The highest BCUT2D eigenvalue weighted by Crippen LogP contribution is 1.96. The minimum atomic E-state index is -0.879. The molecule has 0 fully saturated rings. The molecular weight excluding hydrogens is 120 g/mol. The van der Waals surface area contributed by atoms with Crippen molar-refractivity contribution in [3.05, 3.63) is 35.9 Å². The van der Waals surface area contributed by atoms with E-state index in [0.29, 0.717) is 5.56 Å². The molecule has 1 rings (SSSR count). The third-order valence-corrected chi connectivity index (χ3v) is 1.02. The monoisotopic (exact) mass is 126 g/mol. The van der Waals surface area contributed by atoms with Gasteiger partial charge in [-0.05, 0) is 12.1 Å². The Morgan fingerprint density at radius 2 is 1.78 bits per heavy atom. The summed E-state index contributed by atoms with van der Waals surface area (Å²) >= 11 is 0. The van der Waals surface area contributed by atoms with E-state index in [0.717, 1.165) is 0 Å². The number of aromatic carboxylic acids is 1. The summed E-state index contributed by atoms with van der Waals surface area (Å²) in [5.41, 5.74) is 0.331. The summed E-state index contributed by atoms with van der Waals surface area (Å²) in [4.78, 5) is 10.2. The lowest BCUT2D eigenvalue weighted by atomic mass is 10.2. The first kappa shape index (κ1) is 5.82. The molecule has 0 atom stereocenters. The second-order valence-electron chi connectivity index (χ2n) is 1.67. The van der Waals surface area contributed by atoms with Gasteiger partial charge < -0.3 is 5.11 Å². The molecule has 1 aromatic carbocycles. The van der Waals surface area contributed by atoms with Gasteiger partial charge in [-0.2, -0.15) is 0 Å². The number of rotatable bonds is 1. The van der Waals surface area contributed by atoms with Crippen LogP contribution in [0.3, 0.4) is 0 Å². The SMILES string of the molecule is [18O]=C([18OH])c1ccccc1. The standard InChI is InChI=1S/C7H6O2/c8-7(9)6-4-2-1-3-5-6/h1-5H,(H,8,9)/i8+2,9+2. The first-order chi connectivity index (χ1) is 4.30. The lowest BCUT2D eigenvalue weighted by molar-refractivity contribution is 0.0697. The number of carbonyl (C=O) groups is 1. The summed E-state index contributed by atoms with van der Waals surface area (Å²) < 4.78 is 0. The zero-order chi connectivity index (χ0) is 6.69. The highest BCUT2D eigenvalue weighted by atomic mass is 18.2. The van der Waals surface area contributed by atoms with Crippen molar-refractivity contribution < 1.29 is 9.90 Å². The van der Waals surface area contributed by atoms with Gasteiger partial charge in [-0.1, -0.05) is 18.2 Å². The van der Waals surface area contributed by atoms with Crippen molar-refractivity contribution in [2.75, 3.05) is 0 Å². The molecule has 0 bridgehead atoms. The van der Waals surface area contributed by atoms with Crippen LogP contribution in [0.4, 0.5) is 0 Å². The van der Waals surface area contributed by atoms with Crippen LogP contribution in [-0.2, 0) is 0 Å². The second kappa shape index (κ2) is 2.31. The fourth-order valence-electron chi connectivity index (χ4n) is 0.581. The Labute approximate surface area is 52.8 Å². The van der Waals surface area contributed by atoms with Crippen LogP contribution in [0.1, 0.15) is 10.4 Å². The van der Waals surface area contributed by atoms with Crippen LogP contribution in [0.25, 0.3) is 0 Å². The number of benzene rings is 1. The van der Waals surface area contributed by atoms with Gasteiger partial charge in [-0.25, -0.2) is 4.79 Å². The van der Waals surface area contributed by atoms with Crippen molar-refractivity contribution in [1.82, 2.24) is 0 Å². The van der Waals surface area contributed by atoms with Crippen LogP contribution in [0.5, 0.6) is 0 Å². The van der Waals surface area contributed by atoms with E-state index in [4.69, 9.17) is 5.11 Å². The van der Waals surface area contributed by atoms with E-state index >= 15 is 0 Å². The molecule has 0 radical (unpaired) electrons. The fraction of sp³-hybridized carbons (Fsp3) is 0. The van der Waals surface area contributed by atoms with E-state index in [1.54, 1.807) is 30.3 Å². The van der Waals surface area contributed by atoms with Gasteiger partial charge in [0.1, 0.15) is 0 Å². The largest absolute Gasteiger partial charge is 0.478 e. The molecule has 2 nitrogen and oxygen atoms in total. The van der Waals surface area contributed by atoms with Gasteiger partial charge in [-0.3, -0.25) is 0 Å². The number of hydrogen-bond donors (Lipinski definition) is 1. The van der Waals surface area contributed by atoms with Gasteiger partial charge in [0.15, 0.2) is 0 Å².